The lowest BCUT2D eigenvalue weighted by Gasteiger charge is -2.36. The van der Waals surface area contributed by atoms with Gasteiger partial charge in [0.15, 0.2) is 0 Å². The van der Waals surface area contributed by atoms with E-state index in [0.29, 0.717) is 32.4 Å². The number of aliphatic carboxylic acids is 1. The number of ether oxygens (including phenoxy) is 1. The molecule has 1 aliphatic rings. The molecule has 2 aromatic carbocycles. The maximum absolute atomic E-state index is 13.0. The van der Waals surface area contributed by atoms with E-state index in [2.05, 4.69) is 0 Å². The number of carbonyl (C=O) groups is 2. The van der Waals surface area contributed by atoms with Gasteiger partial charge in [-0.2, -0.15) is 0 Å². The minimum absolute atomic E-state index is 0.0500. The van der Waals surface area contributed by atoms with Crippen LogP contribution in [0.25, 0.3) is 0 Å². The number of hydrogen-bond acceptors (Lipinski definition) is 3. The second kappa shape index (κ2) is 8.71. The second-order valence-electron chi connectivity index (χ2n) is 6.97. The molecule has 27 heavy (non-hydrogen) atoms. The number of nitrogens with zero attached hydrogens (tertiary/aromatic N) is 1. The molecule has 142 valence electrons. The minimum atomic E-state index is -0.866. The number of carboxylic acids is 1. The van der Waals surface area contributed by atoms with E-state index >= 15 is 0 Å². The lowest BCUT2D eigenvalue weighted by molar-refractivity contribution is -0.156. The highest BCUT2D eigenvalue weighted by atomic mass is 16.5. The highest BCUT2D eigenvalue weighted by Gasteiger charge is 2.43. The summed E-state index contributed by atoms with van der Waals surface area (Å²) in [4.78, 5) is 26.1. The monoisotopic (exact) mass is 367 g/mol. The molecule has 2 atom stereocenters. The molecule has 2 aromatic rings. The summed E-state index contributed by atoms with van der Waals surface area (Å²) in [5, 5.41) is 9.30. The zero-order valence-corrected chi connectivity index (χ0v) is 15.5. The Hall–Kier alpha value is -2.82. The molecular weight excluding hydrogens is 342 g/mol. The smallest absolute Gasteiger partial charge is 0.307 e. The van der Waals surface area contributed by atoms with Gasteiger partial charge < -0.3 is 14.7 Å². The minimum Gasteiger partial charge on any atom is -0.497 e. The van der Waals surface area contributed by atoms with Gasteiger partial charge in [0.2, 0.25) is 5.91 Å². The van der Waals surface area contributed by atoms with E-state index in [9.17, 15) is 14.7 Å². The highest BCUT2D eigenvalue weighted by Crippen LogP contribution is 2.36. The molecule has 5 nitrogen and oxygen atoms in total. The third kappa shape index (κ3) is 4.67. The Morgan fingerprint density at radius 3 is 2.22 bits per heavy atom. The van der Waals surface area contributed by atoms with Crippen molar-refractivity contribution in [2.24, 2.45) is 11.8 Å². The fourth-order valence-corrected chi connectivity index (χ4v) is 3.45. The van der Waals surface area contributed by atoms with Gasteiger partial charge in [0.1, 0.15) is 5.75 Å². The summed E-state index contributed by atoms with van der Waals surface area (Å²) in [5.74, 6) is -1.06. The molecule has 1 saturated carbocycles. The first-order valence-electron chi connectivity index (χ1n) is 9.27. The van der Waals surface area contributed by atoms with Crippen LogP contribution in [0.1, 0.15) is 24.0 Å². The average Bonchev–Trinajstić information content (AvgIpc) is 2.65. The Kier molecular flexibility index (Phi) is 6.12. The topological polar surface area (TPSA) is 66.8 Å². The molecule has 1 fully saturated rings. The summed E-state index contributed by atoms with van der Waals surface area (Å²) >= 11 is 0. The van der Waals surface area contributed by atoms with Crippen LogP contribution < -0.4 is 4.74 Å². The summed E-state index contributed by atoms with van der Waals surface area (Å²) in [5.41, 5.74) is 2.16. The predicted octanol–water partition coefficient (Wildman–Crippen LogP) is 3.38. The van der Waals surface area contributed by atoms with Crippen molar-refractivity contribution in [3.05, 3.63) is 65.7 Å². The Morgan fingerprint density at radius 1 is 1.00 bits per heavy atom. The van der Waals surface area contributed by atoms with Crippen LogP contribution in [-0.2, 0) is 22.6 Å². The molecular formula is C22H25NO4. The first kappa shape index (κ1) is 19.0. The number of carboxylic acid groups (broad SMARTS) is 1. The third-order valence-corrected chi connectivity index (χ3v) is 5.27. The molecule has 0 saturated heterocycles. The summed E-state index contributed by atoms with van der Waals surface area (Å²) in [6.07, 6.45) is 1.96. The first-order valence-corrected chi connectivity index (χ1v) is 9.27. The van der Waals surface area contributed by atoms with E-state index in [1.807, 2.05) is 54.6 Å². The molecule has 0 heterocycles. The number of amides is 1. The molecule has 1 N–H and O–H groups in total. The molecule has 3 rings (SSSR count). The van der Waals surface area contributed by atoms with Gasteiger partial charge in [-0.05, 0) is 42.5 Å². The van der Waals surface area contributed by atoms with Gasteiger partial charge in [-0.1, -0.05) is 42.5 Å². The van der Waals surface area contributed by atoms with Gasteiger partial charge in [-0.3, -0.25) is 9.59 Å². The van der Waals surface area contributed by atoms with E-state index in [1.165, 1.54) is 0 Å². The molecule has 0 bridgehead atoms. The molecule has 1 aliphatic carbocycles. The number of rotatable bonds is 8. The fourth-order valence-electron chi connectivity index (χ4n) is 3.45. The normalized spacial score (nSPS) is 18.4. The van der Waals surface area contributed by atoms with Crippen molar-refractivity contribution in [2.45, 2.75) is 25.8 Å². The largest absolute Gasteiger partial charge is 0.497 e. The lowest BCUT2D eigenvalue weighted by Crippen LogP contribution is -2.46. The maximum Gasteiger partial charge on any atom is 0.307 e. The Bertz CT molecular complexity index is 773. The number of carbonyl (C=O) groups excluding carboxylic acids is 1. The summed E-state index contributed by atoms with van der Waals surface area (Å²) in [7, 11) is 1.63. The fraction of sp³-hybridized carbons (Fsp3) is 0.364. The molecule has 2 unspecified atom stereocenters. The quantitative estimate of drug-likeness (QED) is 0.777. The highest BCUT2D eigenvalue weighted by molar-refractivity contribution is 5.86. The predicted molar refractivity (Wildman–Crippen MR) is 102 cm³/mol. The second-order valence-corrected chi connectivity index (χ2v) is 6.97. The van der Waals surface area contributed by atoms with Crippen LogP contribution >= 0.6 is 0 Å². The Labute approximate surface area is 159 Å². The molecule has 0 spiro atoms. The van der Waals surface area contributed by atoms with Gasteiger partial charge in [0, 0.05) is 13.1 Å². The summed E-state index contributed by atoms with van der Waals surface area (Å²) in [6, 6.07) is 17.6. The maximum atomic E-state index is 13.0. The Balaban J connectivity index is 1.70. The first-order chi connectivity index (χ1) is 13.1. The number of methoxy groups -OCH3 is 1. The molecule has 1 amide bonds. The third-order valence-electron chi connectivity index (χ3n) is 5.27. The van der Waals surface area contributed by atoms with E-state index < -0.39 is 17.8 Å². The molecule has 0 aromatic heterocycles. The molecule has 0 aliphatic heterocycles. The molecule has 0 radical (unpaired) electrons. The van der Waals surface area contributed by atoms with Gasteiger partial charge in [-0.15, -0.1) is 0 Å². The van der Waals surface area contributed by atoms with Gasteiger partial charge >= 0.3 is 5.97 Å². The number of hydrogen-bond donors (Lipinski definition) is 1. The van der Waals surface area contributed by atoms with Crippen LogP contribution in [0, 0.1) is 11.8 Å². The standard InChI is InChI=1S/C22H25NO4/c1-27-18-9-7-16(8-10-18)13-14-23(15-17-5-3-2-4-6-17)21(24)19-11-12-20(19)22(25)26/h2-10,19-20H,11-15H2,1H3,(H,25,26). The van der Waals surface area contributed by atoms with Crippen LogP contribution in [0.15, 0.2) is 54.6 Å². The van der Waals surface area contributed by atoms with Crippen LogP contribution in [0.5, 0.6) is 5.75 Å². The van der Waals surface area contributed by atoms with Crippen molar-refractivity contribution in [1.82, 2.24) is 4.90 Å². The lowest BCUT2D eigenvalue weighted by atomic mass is 9.73. The van der Waals surface area contributed by atoms with E-state index in [0.717, 1.165) is 16.9 Å². The zero-order chi connectivity index (χ0) is 19.2. The van der Waals surface area contributed by atoms with Gasteiger partial charge in [0.05, 0.1) is 18.9 Å². The van der Waals surface area contributed by atoms with Crippen LogP contribution in [0.3, 0.4) is 0 Å². The van der Waals surface area contributed by atoms with Gasteiger partial charge in [0.25, 0.3) is 0 Å². The zero-order valence-electron chi connectivity index (χ0n) is 15.5. The van der Waals surface area contributed by atoms with Gasteiger partial charge in [-0.25, -0.2) is 0 Å². The van der Waals surface area contributed by atoms with Crippen molar-refractivity contribution >= 4 is 11.9 Å². The van der Waals surface area contributed by atoms with Crippen molar-refractivity contribution < 1.29 is 19.4 Å². The van der Waals surface area contributed by atoms with Crippen molar-refractivity contribution in [1.29, 1.82) is 0 Å². The molecule has 5 heteroatoms. The van der Waals surface area contributed by atoms with Crippen LogP contribution in [0.2, 0.25) is 0 Å². The average molecular weight is 367 g/mol. The van der Waals surface area contributed by atoms with Crippen molar-refractivity contribution in [2.75, 3.05) is 13.7 Å². The van der Waals surface area contributed by atoms with E-state index in [-0.39, 0.29) is 5.91 Å². The summed E-state index contributed by atoms with van der Waals surface area (Å²) in [6.45, 7) is 1.06. The van der Waals surface area contributed by atoms with Crippen LogP contribution in [0.4, 0.5) is 0 Å². The van der Waals surface area contributed by atoms with E-state index in [1.54, 1.807) is 12.0 Å². The van der Waals surface area contributed by atoms with Crippen LogP contribution in [-0.4, -0.2) is 35.5 Å². The van der Waals surface area contributed by atoms with E-state index in [4.69, 9.17) is 4.74 Å². The Morgan fingerprint density at radius 2 is 1.67 bits per heavy atom. The number of benzene rings is 2. The van der Waals surface area contributed by atoms with Crippen molar-refractivity contribution in [3.63, 3.8) is 0 Å². The SMILES string of the molecule is COc1ccc(CCN(Cc2ccccc2)C(=O)C2CCC2C(=O)O)cc1. The van der Waals surface area contributed by atoms with Crippen molar-refractivity contribution in [3.8, 4) is 5.75 Å². The summed E-state index contributed by atoms with van der Waals surface area (Å²) < 4.78 is 5.18.